The molecule has 2 heterocycles. The highest BCUT2D eigenvalue weighted by Gasteiger charge is 2.41. The zero-order chi connectivity index (χ0) is 28.3. The van der Waals surface area contributed by atoms with E-state index < -0.39 is 71.4 Å². The van der Waals surface area contributed by atoms with Crippen molar-refractivity contribution in [1.29, 1.82) is 0 Å². The number of nitrogens with zero attached hydrogens (tertiary/aromatic N) is 1. The van der Waals surface area contributed by atoms with Gasteiger partial charge in [0.15, 0.2) is 12.6 Å². The standard InChI is InChI=1S/C22H26F3IN3O8P/c1-12(2)35-19(31)13(3)28-38(33,37-14-7-5-4-6-8-14)11-34-20-16(26)9-17(36-20)29-10-15(22(23,24)25)18(30)27-21(29)32/h4-8,10,12-13,16-17,20H,9,11H2,1-3H3,(H,28,33)(H,27,30,32)/t13-,16-,17+,20-,38?/m0/s1. The molecule has 2 aromatic rings. The van der Waals surface area contributed by atoms with Crippen LogP contribution in [0.1, 0.15) is 39.0 Å². The first-order valence-electron chi connectivity index (χ1n) is 11.3. The Hall–Kier alpha value is -2.20. The molecule has 2 N–H and O–H groups in total. The molecule has 3 rings (SSSR count). The molecule has 16 heteroatoms. The molecule has 1 aliphatic heterocycles. The fourth-order valence-electron chi connectivity index (χ4n) is 3.42. The number of para-hydroxylation sites is 1. The predicted octanol–water partition coefficient (Wildman–Crippen LogP) is 3.78. The third-order valence-electron chi connectivity index (χ3n) is 5.10. The SMILES string of the molecule is CC(C)OC(=O)[C@H](C)NP(=O)(CO[C@H]1O[C@@H](n2cc(C(F)(F)F)c(=O)[nH]c2=O)C[C@@H]1I)Oc1ccccc1. The van der Waals surface area contributed by atoms with Crippen LogP contribution in [0.2, 0.25) is 0 Å². The van der Waals surface area contributed by atoms with Crippen LogP contribution in [-0.2, 0) is 29.7 Å². The average Bonchev–Trinajstić information content (AvgIpc) is 3.17. The van der Waals surface area contributed by atoms with Gasteiger partial charge < -0.3 is 18.7 Å². The van der Waals surface area contributed by atoms with Crippen molar-refractivity contribution in [2.75, 3.05) is 6.35 Å². The van der Waals surface area contributed by atoms with Crippen LogP contribution < -0.4 is 20.9 Å². The summed E-state index contributed by atoms with van der Waals surface area (Å²) >= 11 is 1.92. The molecule has 1 saturated heterocycles. The molecule has 1 aliphatic rings. The second-order valence-corrected chi connectivity index (χ2v) is 12.3. The van der Waals surface area contributed by atoms with Crippen molar-refractivity contribution in [2.24, 2.45) is 0 Å². The summed E-state index contributed by atoms with van der Waals surface area (Å²) < 4.78 is 75.5. The minimum atomic E-state index is -4.98. The fourth-order valence-corrected chi connectivity index (χ4v) is 5.91. The van der Waals surface area contributed by atoms with E-state index >= 15 is 0 Å². The normalized spacial score (nSPS) is 22.2. The monoisotopic (exact) mass is 675 g/mol. The van der Waals surface area contributed by atoms with Crippen molar-refractivity contribution in [2.45, 2.75) is 62.0 Å². The minimum Gasteiger partial charge on any atom is -0.462 e. The Labute approximate surface area is 228 Å². The number of alkyl halides is 4. The lowest BCUT2D eigenvalue weighted by atomic mass is 10.3. The average molecular weight is 675 g/mol. The van der Waals surface area contributed by atoms with Gasteiger partial charge >= 0.3 is 25.4 Å². The largest absolute Gasteiger partial charge is 0.462 e. The molecule has 5 atom stereocenters. The molecule has 1 aromatic carbocycles. The van der Waals surface area contributed by atoms with E-state index in [-0.39, 0.29) is 12.2 Å². The van der Waals surface area contributed by atoms with Gasteiger partial charge in [0.2, 0.25) is 0 Å². The first kappa shape index (κ1) is 30.3. The third-order valence-corrected chi connectivity index (χ3v) is 7.97. The number of rotatable bonds is 10. The van der Waals surface area contributed by atoms with E-state index in [1.165, 1.54) is 6.92 Å². The lowest BCUT2D eigenvalue weighted by Gasteiger charge is -2.25. The van der Waals surface area contributed by atoms with E-state index in [2.05, 4.69) is 5.09 Å². The molecular weight excluding hydrogens is 649 g/mol. The molecule has 0 radical (unpaired) electrons. The second kappa shape index (κ2) is 12.3. The number of aromatic amines is 1. The van der Waals surface area contributed by atoms with Crippen molar-refractivity contribution in [1.82, 2.24) is 14.6 Å². The van der Waals surface area contributed by atoms with Crippen LogP contribution in [0.25, 0.3) is 0 Å². The van der Waals surface area contributed by atoms with Crippen molar-refractivity contribution >= 4 is 36.1 Å². The molecule has 0 amide bonds. The summed E-state index contributed by atoms with van der Waals surface area (Å²) in [6.45, 7) is 4.76. The molecular formula is C22H26F3IN3O8P. The summed E-state index contributed by atoms with van der Waals surface area (Å²) in [5, 5.41) is 2.62. The highest BCUT2D eigenvalue weighted by molar-refractivity contribution is 14.1. The second-order valence-electron chi connectivity index (χ2n) is 8.63. The van der Waals surface area contributed by atoms with Crippen LogP contribution in [-0.4, -0.2) is 44.2 Å². The smallest absolute Gasteiger partial charge is 0.423 e. The summed E-state index contributed by atoms with van der Waals surface area (Å²) in [5.41, 5.74) is -4.21. The zero-order valence-corrected chi connectivity index (χ0v) is 23.5. The third kappa shape index (κ3) is 7.91. The van der Waals surface area contributed by atoms with Crippen molar-refractivity contribution < 1.29 is 41.3 Å². The number of hydrogen-bond acceptors (Lipinski definition) is 8. The van der Waals surface area contributed by atoms with Gasteiger partial charge in [0.05, 0.1) is 10.0 Å². The van der Waals surface area contributed by atoms with Crippen LogP contribution in [0.3, 0.4) is 0 Å². The maximum absolute atomic E-state index is 13.7. The van der Waals surface area contributed by atoms with Gasteiger partial charge in [0.1, 0.15) is 23.6 Å². The lowest BCUT2D eigenvalue weighted by Crippen LogP contribution is -2.37. The number of carbonyl (C=O) groups excluding carboxylic acids is 1. The highest BCUT2D eigenvalue weighted by Crippen LogP contribution is 2.45. The first-order valence-corrected chi connectivity index (χ1v) is 14.4. The van der Waals surface area contributed by atoms with Crippen LogP contribution in [0.4, 0.5) is 13.2 Å². The Morgan fingerprint density at radius 2 is 1.92 bits per heavy atom. The summed E-state index contributed by atoms with van der Waals surface area (Å²) in [7, 11) is -3.93. The molecule has 1 fully saturated rings. The Balaban J connectivity index is 1.77. The molecule has 38 heavy (non-hydrogen) atoms. The first-order chi connectivity index (χ1) is 17.7. The Bertz CT molecular complexity index is 1290. The summed E-state index contributed by atoms with van der Waals surface area (Å²) in [6, 6.07) is 7.09. The summed E-state index contributed by atoms with van der Waals surface area (Å²) in [5.74, 6) is -0.439. The molecule has 210 valence electrons. The van der Waals surface area contributed by atoms with E-state index in [0.717, 1.165) is 0 Å². The van der Waals surface area contributed by atoms with Crippen LogP contribution in [0, 0.1) is 0 Å². The Kier molecular flexibility index (Phi) is 9.84. The number of nitrogens with one attached hydrogen (secondary N) is 2. The molecule has 11 nitrogen and oxygen atoms in total. The number of hydrogen-bond donors (Lipinski definition) is 2. The molecule has 1 aromatic heterocycles. The zero-order valence-electron chi connectivity index (χ0n) is 20.4. The molecule has 1 unspecified atom stereocenters. The van der Waals surface area contributed by atoms with Gasteiger partial charge in [-0.2, -0.15) is 13.2 Å². The number of carbonyl (C=O) groups is 1. The summed E-state index contributed by atoms with van der Waals surface area (Å²) in [4.78, 5) is 37.7. The van der Waals surface area contributed by atoms with Gasteiger partial charge in [-0.3, -0.25) is 23.7 Å². The number of esters is 1. The van der Waals surface area contributed by atoms with Gasteiger partial charge in [-0.15, -0.1) is 0 Å². The van der Waals surface area contributed by atoms with Gasteiger partial charge in [-0.1, -0.05) is 40.8 Å². The van der Waals surface area contributed by atoms with Crippen molar-refractivity contribution in [3.8, 4) is 5.75 Å². The number of benzene rings is 1. The van der Waals surface area contributed by atoms with Gasteiger partial charge in [0, 0.05) is 12.6 Å². The van der Waals surface area contributed by atoms with E-state index in [4.69, 9.17) is 18.7 Å². The number of aromatic nitrogens is 2. The number of ether oxygens (including phenoxy) is 3. The van der Waals surface area contributed by atoms with Gasteiger partial charge in [0.25, 0.3) is 5.56 Å². The summed E-state index contributed by atoms with van der Waals surface area (Å²) in [6.07, 6.45) is -7.85. The Morgan fingerprint density at radius 1 is 1.26 bits per heavy atom. The molecule has 0 aliphatic carbocycles. The van der Waals surface area contributed by atoms with Crippen LogP contribution in [0.5, 0.6) is 5.75 Å². The van der Waals surface area contributed by atoms with Gasteiger partial charge in [-0.05, 0) is 32.9 Å². The van der Waals surface area contributed by atoms with E-state index in [1.807, 2.05) is 22.6 Å². The van der Waals surface area contributed by atoms with Gasteiger partial charge in [-0.25, -0.2) is 9.88 Å². The maximum atomic E-state index is 13.7. The lowest BCUT2D eigenvalue weighted by molar-refractivity contribution is -0.149. The van der Waals surface area contributed by atoms with Crippen LogP contribution in [0.15, 0.2) is 46.1 Å². The van der Waals surface area contributed by atoms with Crippen molar-refractivity contribution in [3.05, 3.63) is 62.9 Å². The van der Waals surface area contributed by atoms with Crippen LogP contribution >= 0.6 is 30.1 Å². The highest BCUT2D eigenvalue weighted by atomic mass is 127. The van der Waals surface area contributed by atoms with E-state index in [9.17, 15) is 32.1 Å². The maximum Gasteiger partial charge on any atom is 0.423 e. The van der Waals surface area contributed by atoms with Crippen molar-refractivity contribution in [3.63, 3.8) is 0 Å². The van der Waals surface area contributed by atoms with E-state index in [0.29, 0.717) is 10.8 Å². The number of H-pyrrole nitrogens is 1. The molecule has 0 spiro atoms. The van der Waals surface area contributed by atoms with E-state index in [1.54, 1.807) is 49.2 Å². The fraction of sp³-hybridized carbons (Fsp3) is 0.500. The molecule has 0 bridgehead atoms. The topological polar surface area (TPSA) is 138 Å². The number of halogens is 4. The Morgan fingerprint density at radius 3 is 2.53 bits per heavy atom. The minimum absolute atomic E-state index is 0.0445. The quantitative estimate of drug-likeness (QED) is 0.167. The molecule has 0 saturated carbocycles. The predicted molar refractivity (Wildman–Crippen MR) is 137 cm³/mol.